The Hall–Kier alpha value is -1.28. The van der Waals surface area contributed by atoms with Crippen LogP contribution in [0.3, 0.4) is 0 Å². The van der Waals surface area contributed by atoms with Gasteiger partial charge in [0.05, 0.1) is 26.4 Å². The molecule has 0 aliphatic carbocycles. The van der Waals surface area contributed by atoms with Crippen molar-refractivity contribution in [2.75, 3.05) is 64.1 Å². The van der Waals surface area contributed by atoms with Gasteiger partial charge in [0.2, 0.25) is 0 Å². The Balaban J connectivity index is 1.35. The van der Waals surface area contributed by atoms with Crippen molar-refractivity contribution in [3.05, 3.63) is 18.1 Å². The molecule has 1 N–H and O–H groups in total. The van der Waals surface area contributed by atoms with Gasteiger partial charge in [-0.05, 0) is 18.8 Å². The fourth-order valence-electron chi connectivity index (χ4n) is 4.31. The van der Waals surface area contributed by atoms with E-state index in [-0.39, 0.29) is 0 Å². The van der Waals surface area contributed by atoms with Gasteiger partial charge in [-0.1, -0.05) is 0 Å². The van der Waals surface area contributed by atoms with E-state index >= 15 is 0 Å². The average molecular weight is 334 g/mol. The molecule has 3 fully saturated rings. The van der Waals surface area contributed by atoms with Gasteiger partial charge in [0.1, 0.15) is 17.7 Å². The van der Waals surface area contributed by atoms with Crippen LogP contribution in [0.4, 0.5) is 5.82 Å². The Morgan fingerprint density at radius 3 is 2.46 bits per heavy atom. The predicted octanol–water partition coefficient (Wildman–Crippen LogP) is -0.0691. The van der Waals surface area contributed by atoms with Crippen LogP contribution in [-0.4, -0.2) is 84.7 Å². The van der Waals surface area contributed by atoms with Gasteiger partial charge in [-0.3, -0.25) is 4.90 Å². The molecule has 3 aliphatic heterocycles. The summed E-state index contributed by atoms with van der Waals surface area (Å²) in [4.78, 5) is 13.3. The smallest absolute Gasteiger partial charge is 0.134 e. The average Bonchev–Trinajstić information content (AvgIpc) is 3.01. The molecular weight excluding hydrogens is 308 g/mol. The summed E-state index contributed by atoms with van der Waals surface area (Å²) in [5, 5.41) is 10.7. The van der Waals surface area contributed by atoms with E-state index in [4.69, 9.17) is 9.47 Å². The van der Waals surface area contributed by atoms with Crippen molar-refractivity contribution in [3.63, 3.8) is 0 Å². The predicted molar refractivity (Wildman–Crippen MR) is 89.0 cm³/mol. The van der Waals surface area contributed by atoms with Gasteiger partial charge in [-0.15, -0.1) is 0 Å². The van der Waals surface area contributed by atoms with Gasteiger partial charge in [-0.2, -0.15) is 0 Å². The van der Waals surface area contributed by atoms with Crippen LogP contribution in [0.25, 0.3) is 0 Å². The second-order valence-electron chi connectivity index (χ2n) is 7.48. The molecule has 3 aliphatic rings. The molecule has 0 saturated carbocycles. The monoisotopic (exact) mass is 334 g/mol. The number of aryl methyl sites for hydroxylation is 1. The minimum absolute atomic E-state index is 0.366. The van der Waals surface area contributed by atoms with Crippen LogP contribution in [-0.2, 0) is 9.47 Å². The Bertz CT molecular complexity index is 563. The van der Waals surface area contributed by atoms with E-state index < -0.39 is 5.60 Å². The van der Waals surface area contributed by atoms with Gasteiger partial charge in [0, 0.05) is 44.5 Å². The van der Waals surface area contributed by atoms with Gasteiger partial charge in [0.25, 0.3) is 0 Å². The summed E-state index contributed by atoms with van der Waals surface area (Å²) < 4.78 is 11.0. The Morgan fingerprint density at radius 1 is 1.17 bits per heavy atom. The van der Waals surface area contributed by atoms with E-state index in [0.29, 0.717) is 44.8 Å². The summed E-state index contributed by atoms with van der Waals surface area (Å²) in [7, 11) is 0. The largest absolute Gasteiger partial charge is 0.384 e. The molecule has 0 aromatic carbocycles. The molecule has 7 nitrogen and oxygen atoms in total. The number of likely N-dealkylation sites (tertiary alicyclic amines) is 1. The number of hydrogen-bond acceptors (Lipinski definition) is 7. The van der Waals surface area contributed by atoms with Gasteiger partial charge < -0.3 is 19.5 Å². The highest BCUT2D eigenvalue weighted by molar-refractivity contribution is 5.46. The molecule has 0 amide bonds. The Labute approximate surface area is 142 Å². The van der Waals surface area contributed by atoms with Gasteiger partial charge >= 0.3 is 0 Å². The van der Waals surface area contributed by atoms with Gasteiger partial charge in [-0.25, -0.2) is 9.97 Å². The molecule has 2 atom stereocenters. The number of hydrogen-bond donors (Lipinski definition) is 1. The highest BCUT2D eigenvalue weighted by Gasteiger charge is 2.43. The minimum Gasteiger partial charge on any atom is -0.384 e. The molecule has 1 aromatic rings. The van der Waals surface area contributed by atoms with Crippen molar-refractivity contribution in [2.24, 2.45) is 11.8 Å². The molecule has 24 heavy (non-hydrogen) atoms. The highest BCUT2D eigenvalue weighted by atomic mass is 16.6. The zero-order chi connectivity index (χ0) is 16.6. The molecular formula is C17H26N4O3. The number of β-amino-alcohol motifs (C(OH)–C–C–N with tert-alkyl or cyclic N) is 1. The summed E-state index contributed by atoms with van der Waals surface area (Å²) >= 11 is 0. The summed E-state index contributed by atoms with van der Waals surface area (Å²) in [6, 6.07) is 0. The second-order valence-corrected chi connectivity index (χ2v) is 7.48. The van der Waals surface area contributed by atoms with Crippen molar-refractivity contribution in [3.8, 4) is 0 Å². The van der Waals surface area contributed by atoms with E-state index in [2.05, 4.69) is 26.7 Å². The topological polar surface area (TPSA) is 71.0 Å². The number of rotatable bonds is 3. The normalized spacial score (nSPS) is 30.3. The van der Waals surface area contributed by atoms with Crippen molar-refractivity contribution >= 4 is 5.82 Å². The third-order valence-corrected chi connectivity index (χ3v) is 5.36. The summed E-state index contributed by atoms with van der Waals surface area (Å²) in [5.74, 6) is 2.33. The highest BCUT2D eigenvalue weighted by Crippen LogP contribution is 2.34. The van der Waals surface area contributed by atoms with Crippen LogP contribution >= 0.6 is 0 Å². The maximum Gasteiger partial charge on any atom is 0.134 e. The molecule has 132 valence electrons. The first kappa shape index (κ1) is 16.2. The fraction of sp³-hybridized carbons (Fsp3) is 0.765. The number of nitrogens with zero attached hydrogens (tertiary/aromatic N) is 4. The van der Waals surface area contributed by atoms with E-state index in [0.717, 1.165) is 37.6 Å². The van der Waals surface area contributed by atoms with Crippen molar-refractivity contribution in [1.29, 1.82) is 0 Å². The lowest BCUT2D eigenvalue weighted by Gasteiger charge is -2.31. The number of anilines is 1. The van der Waals surface area contributed by atoms with Crippen molar-refractivity contribution in [1.82, 2.24) is 14.9 Å². The quantitative estimate of drug-likeness (QED) is 0.830. The first-order valence-corrected chi connectivity index (χ1v) is 8.75. The second kappa shape index (κ2) is 6.55. The van der Waals surface area contributed by atoms with E-state index in [9.17, 15) is 5.11 Å². The van der Waals surface area contributed by atoms with Crippen LogP contribution in [0, 0.1) is 18.8 Å². The number of fused-ring (bicyclic) bond motifs is 1. The van der Waals surface area contributed by atoms with Gasteiger partial charge in [0.15, 0.2) is 0 Å². The lowest BCUT2D eigenvalue weighted by atomic mass is 10.0. The third-order valence-electron chi connectivity index (χ3n) is 5.36. The van der Waals surface area contributed by atoms with E-state index in [1.165, 1.54) is 0 Å². The molecule has 0 bridgehead atoms. The molecule has 0 radical (unpaired) electrons. The lowest BCUT2D eigenvalue weighted by Crippen LogP contribution is -2.49. The first-order chi connectivity index (χ1) is 11.6. The van der Waals surface area contributed by atoms with Crippen LogP contribution < -0.4 is 4.90 Å². The Kier molecular flexibility index (Phi) is 4.42. The molecule has 1 aromatic heterocycles. The Morgan fingerprint density at radius 2 is 1.83 bits per heavy atom. The zero-order valence-electron chi connectivity index (χ0n) is 14.2. The van der Waals surface area contributed by atoms with E-state index in [1.54, 1.807) is 6.33 Å². The number of aliphatic hydroxyl groups is 1. The molecule has 4 rings (SSSR count). The maximum absolute atomic E-state index is 10.7. The maximum atomic E-state index is 10.7. The summed E-state index contributed by atoms with van der Waals surface area (Å²) in [6.45, 7) is 8.68. The molecule has 7 heteroatoms. The molecule has 2 unspecified atom stereocenters. The number of ether oxygens (including phenoxy) is 2. The standard InChI is InChI=1S/C17H26N4O3/c1-13-4-18-12-19-16(13)21-7-14-5-20(6-15(14)8-21)9-17(22)10-23-2-3-24-11-17/h4,12,14-15,22H,2-3,5-11H2,1H3. The van der Waals surface area contributed by atoms with Crippen molar-refractivity contribution in [2.45, 2.75) is 12.5 Å². The molecule has 3 saturated heterocycles. The third kappa shape index (κ3) is 3.26. The fourth-order valence-corrected chi connectivity index (χ4v) is 4.31. The zero-order valence-corrected chi connectivity index (χ0v) is 14.2. The van der Waals surface area contributed by atoms with Crippen LogP contribution in [0.15, 0.2) is 12.5 Å². The molecule has 4 heterocycles. The summed E-state index contributed by atoms with van der Waals surface area (Å²) in [6.07, 6.45) is 3.51. The van der Waals surface area contributed by atoms with Crippen LogP contribution in [0.1, 0.15) is 5.56 Å². The number of aromatic nitrogens is 2. The van der Waals surface area contributed by atoms with Crippen LogP contribution in [0.2, 0.25) is 0 Å². The van der Waals surface area contributed by atoms with E-state index in [1.807, 2.05) is 6.20 Å². The molecule has 0 spiro atoms. The summed E-state index contributed by atoms with van der Waals surface area (Å²) in [5.41, 5.74) is 0.259. The van der Waals surface area contributed by atoms with Crippen molar-refractivity contribution < 1.29 is 14.6 Å². The lowest BCUT2D eigenvalue weighted by molar-refractivity contribution is -0.0719. The van der Waals surface area contributed by atoms with Crippen LogP contribution in [0.5, 0.6) is 0 Å². The first-order valence-electron chi connectivity index (χ1n) is 8.75. The minimum atomic E-state index is -0.877. The SMILES string of the molecule is Cc1cncnc1N1CC2CN(CC3(O)COCCOC3)CC2C1.